The molecule has 4 rings (SSSR count). The van der Waals surface area contributed by atoms with E-state index < -0.39 is 0 Å². The van der Waals surface area contributed by atoms with Crippen LogP contribution in [-0.2, 0) is 6.42 Å². The summed E-state index contributed by atoms with van der Waals surface area (Å²) >= 11 is 0. The van der Waals surface area contributed by atoms with Crippen molar-refractivity contribution < 1.29 is 5.11 Å². The molecule has 0 saturated carbocycles. The summed E-state index contributed by atoms with van der Waals surface area (Å²) < 4.78 is 2.20. The number of aromatic nitrogens is 1. The molecule has 2 heteroatoms. The summed E-state index contributed by atoms with van der Waals surface area (Å²) in [6, 6.07) is 21.1. The van der Waals surface area contributed by atoms with Crippen LogP contribution in [0.5, 0.6) is 5.75 Å². The van der Waals surface area contributed by atoms with Crippen LogP contribution in [-0.4, -0.2) is 9.67 Å². The van der Waals surface area contributed by atoms with E-state index in [-0.39, 0.29) is 0 Å². The average Bonchev–Trinajstić information content (AvgIpc) is 2.99. The van der Waals surface area contributed by atoms with E-state index in [1.54, 1.807) is 0 Å². The first kappa shape index (κ1) is 16.7. The number of nitrogens with zero attached hydrogens (tertiary/aromatic N) is 1. The highest BCUT2D eigenvalue weighted by Crippen LogP contribution is 2.37. The minimum Gasteiger partial charge on any atom is -0.505 e. The van der Waals surface area contributed by atoms with Crippen LogP contribution in [0.2, 0.25) is 0 Å². The molecular weight excluding hydrogens is 318 g/mol. The number of unbranched alkanes of at least 4 members (excludes halogenated alkanes) is 2. The Morgan fingerprint density at radius 2 is 1.46 bits per heavy atom. The smallest absolute Gasteiger partial charge is 0.142 e. The summed E-state index contributed by atoms with van der Waals surface area (Å²) in [6.45, 7) is 4.32. The average molecular weight is 343 g/mol. The van der Waals surface area contributed by atoms with Gasteiger partial charge in [-0.25, -0.2) is 0 Å². The zero-order valence-electron chi connectivity index (χ0n) is 15.5. The largest absolute Gasteiger partial charge is 0.505 e. The van der Waals surface area contributed by atoms with Gasteiger partial charge in [0.2, 0.25) is 0 Å². The van der Waals surface area contributed by atoms with Crippen LogP contribution in [0.25, 0.3) is 27.5 Å². The first-order valence-corrected chi connectivity index (χ1v) is 9.51. The van der Waals surface area contributed by atoms with Crippen LogP contribution in [0.15, 0.2) is 60.7 Å². The Morgan fingerprint density at radius 3 is 2.08 bits per heavy atom. The first-order valence-electron chi connectivity index (χ1n) is 9.51. The molecule has 0 radical (unpaired) electrons. The predicted molar refractivity (Wildman–Crippen MR) is 110 cm³/mol. The zero-order chi connectivity index (χ0) is 18.1. The van der Waals surface area contributed by atoms with Crippen molar-refractivity contribution >= 4 is 21.8 Å². The molecule has 0 spiro atoms. The summed E-state index contributed by atoms with van der Waals surface area (Å²) in [7, 11) is 0. The Labute approximate surface area is 154 Å². The lowest BCUT2D eigenvalue weighted by molar-refractivity contribution is 0.464. The van der Waals surface area contributed by atoms with Gasteiger partial charge in [-0.2, -0.15) is 0 Å². The molecule has 0 unspecified atom stereocenters. The number of aromatic hydroxyl groups is 1. The Morgan fingerprint density at radius 1 is 0.846 bits per heavy atom. The molecule has 1 N–H and O–H groups in total. The SMILES string of the molecule is CCCCCc1cc(C)cc(-n2c3ccccc3c3ccccc32)c1O. The Kier molecular flexibility index (Phi) is 4.42. The van der Waals surface area contributed by atoms with Crippen molar-refractivity contribution in [1.29, 1.82) is 0 Å². The zero-order valence-corrected chi connectivity index (χ0v) is 15.5. The fourth-order valence-electron chi connectivity index (χ4n) is 3.94. The van der Waals surface area contributed by atoms with Gasteiger partial charge in [0.1, 0.15) is 5.75 Å². The Hall–Kier alpha value is -2.74. The van der Waals surface area contributed by atoms with Crippen molar-refractivity contribution in [2.45, 2.75) is 39.5 Å². The summed E-state index contributed by atoms with van der Waals surface area (Å²) in [5, 5.41) is 13.5. The third kappa shape index (κ3) is 2.76. The predicted octanol–water partition coefficient (Wildman–Crippen LogP) is 6.53. The second kappa shape index (κ2) is 6.87. The van der Waals surface area contributed by atoms with Crippen molar-refractivity contribution in [3.63, 3.8) is 0 Å². The molecule has 0 amide bonds. The molecule has 0 atom stereocenters. The molecule has 2 nitrogen and oxygen atoms in total. The van der Waals surface area contributed by atoms with Crippen molar-refractivity contribution in [3.8, 4) is 11.4 Å². The van der Waals surface area contributed by atoms with Gasteiger partial charge in [-0.3, -0.25) is 0 Å². The molecule has 0 aliphatic heterocycles. The molecule has 1 aromatic heterocycles. The third-order valence-corrected chi connectivity index (χ3v) is 5.18. The first-order chi connectivity index (χ1) is 12.7. The lowest BCUT2D eigenvalue weighted by Crippen LogP contribution is -1.98. The van der Waals surface area contributed by atoms with Gasteiger partial charge >= 0.3 is 0 Å². The highest BCUT2D eigenvalue weighted by atomic mass is 16.3. The standard InChI is InChI=1S/C24H25NO/c1-3-4-5-10-18-15-17(2)16-23(24(18)26)25-21-13-8-6-11-19(21)20-12-7-9-14-22(20)25/h6-9,11-16,26H,3-5,10H2,1-2H3. The van der Waals surface area contributed by atoms with Gasteiger partial charge in [0.05, 0.1) is 16.7 Å². The van der Waals surface area contributed by atoms with E-state index in [0.29, 0.717) is 5.75 Å². The van der Waals surface area contributed by atoms with Gasteiger partial charge in [-0.05, 0) is 49.1 Å². The number of phenolic OH excluding ortho intramolecular Hbond substituents is 1. The van der Waals surface area contributed by atoms with Crippen LogP contribution in [0.1, 0.15) is 37.3 Å². The van der Waals surface area contributed by atoms with Crippen LogP contribution in [0, 0.1) is 6.92 Å². The molecule has 0 aliphatic rings. The topological polar surface area (TPSA) is 25.2 Å². The van der Waals surface area contributed by atoms with E-state index in [9.17, 15) is 5.11 Å². The third-order valence-electron chi connectivity index (χ3n) is 5.18. The Balaban J connectivity index is 1.98. The van der Waals surface area contributed by atoms with Crippen LogP contribution in [0.4, 0.5) is 0 Å². The van der Waals surface area contributed by atoms with Crippen LogP contribution in [0.3, 0.4) is 0 Å². The number of fused-ring (bicyclic) bond motifs is 3. The molecule has 26 heavy (non-hydrogen) atoms. The maximum atomic E-state index is 11.1. The number of benzene rings is 3. The highest BCUT2D eigenvalue weighted by molar-refractivity contribution is 6.09. The molecule has 0 bridgehead atoms. The monoisotopic (exact) mass is 343 g/mol. The number of rotatable bonds is 5. The van der Waals surface area contributed by atoms with E-state index in [1.165, 1.54) is 29.2 Å². The van der Waals surface area contributed by atoms with E-state index in [2.05, 4.69) is 79.1 Å². The van der Waals surface area contributed by atoms with Gasteiger partial charge in [0.25, 0.3) is 0 Å². The van der Waals surface area contributed by atoms with Gasteiger partial charge < -0.3 is 9.67 Å². The second-order valence-electron chi connectivity index (χ2n) is 7.12. The molecule has 0 saturated heterocycles. The second-order valence-corrected chi connectivity index (χ2v) is 7.12. The van der Waals surface area contributed by atoms with Crippen molar-refractivity contribution in [2.75, 3.05) is 0 Å². The number of hydrogen-bond donors (Lipinski definition) is 1. The number of hydrogen-bond acceptors (Lipinski definition) is 1. The minimum atomic E-state index is 0.415. The number of aryl methyl sites for hydroxylation is 2. The molecule has 4 aromatic rings. The fourth-order valence-corrected chi connectivity index (χ4v) is 3.94. The molecule has 0 aliphatic carbocycles. The van der Waals surface area contributed by atoms with Gasteiger partial charge in [0, 0.05) is 10.8 Å². The van der Waals surface area contributed by atoms with Crippen molar-refractivity contribution in [3.05, 3.63) is 71.8 Å². The lowest BCUT2D eigenvalue weighted by Gasteiger charge is -2.15. The lowest BCUT2D eigenvalue weighted by atomic mass is 10.0. The maximum absolute atomic E-state index is 11.1. The summed E-state index contributed by atoms with van der Waals surface area (Å²) in [5.41, 5.74) is 5.39. The minimum absolute atomic E-state index is 0.415. The summed E-state index contributed by atoms with van der Waals surface area (Å²) in [5.74, 6) is 0.415. The summed E-state index contributed by atoms with van der Waals surface area (Å²) in [4.78, 5) is 0. The number of para-hydroxylation sites is 2. The van der Waals surface area contributed by atoms with E-state index in [4.69, 9.17) is 0 Å². The fraction of sp³-hybridized carbons (Fsp3) is 0.250. The highest BCUT2D eigenvalue weighted by Gasteiger charge is 2.16. The van der Waals surface area contributed by atoms with Gasteiger partial charge in [-0.15, -0.1) is 0 Å². The van der Waals surface area contributed by atoms with Gasteiger partial charge in [-0.1, -0.05) is 62.2 Å². The van der Waals surface area contributed by atoms with E-state index in [0.717, 1.165) is 35.1 Å². The quantitative estimate of drug-likeness (QED) is 0.409. The molecule has 0 fully saturated rings. The molecule has 1 heterocycles. The molecule has 3 aromatic carbocycles. The van der Waals surface area contributed by atoms with Crippen molar-refractivity contribution in [1.82, 2.24) is 4.57 Å². The van der Waals surface area contributed by atoms with Crippen LogP contribution < -0.4 is 0 Å². The van der Waals surface area contributed by atoms with E-state index in [1.807, 2.05) is 0 Å². The van der Waals surface area contributed by atoms with E-state index >= 15 is 0 Å². The van der Waals surface area contributed by atoms with Crippen molar-refractivity contribution in [2.24, 2.45) is 0 Å². The summed E-state index contributed by atoms with van der Waals surface area (Å²) in [6.07, 6.45) is 4.41. The molecule has 132 valence electrons. The number of phenols is 1. The molecular formula is C24H25NO. The normalized spacial score (nSPS) is 11.5. The maximum Gasteiger partial charge on any atom is 0.142 e. The van der Waals surface area contributed by atoms with Gasteiger partial charge in [0.15, 0.2) is 0 Å². The Bertz CT molecular complexity index is 1020. The van der Waals surface area contributed by atoms with Crippen LogP contribution >= 0.6 is 0 Å².